The number of sulfonamides is 1. The highest BCUT2D eigenvalue weighted by Gasteiger charge is 2.32. The zero-order valence-electron chi connectivity index (χ0n) is 22.7. The van der Waals surface area contributed by atoms with Crippen molar-refractivity contribution in [1.82, 2.24) is 9.62 Å². The fourth-order valence-corrected chi connectivity index (χ4v) is 5.94. The molecule has 1 aliphatic heterocycles. The molecule has 10 heteroatoms. The molecule has 3 unspecified atom stereocenters. The molecule has 1 fully saturated rings. The Balaban J connectivity index is 1.82. The number of aliphatic hydroxyl groups is 1. The lowest BCUT2D eigenvalue weighted by molar-refractivity contribution is 0.0644. The van der Waals surface area contributed by atoms with E-state index in [2.05, 4.69) is 19.2 Å². The number of carbonyl (C=O) groups excluding carboxylic acids is 1. The number of anilines is 1. The fraction of sp³-hybridized carbons (Fsp3) is 0.536. The largest absolute Gasteiger partial charge is 0.444 e. The first kappa shape index (κ1) is 29.9. The third-order valence-electron chi connectivity index (χ3n) is 6.51. The van der Waals surface area contributed by atoms with E-state index in [9.17, 15) is 18.3 Å². The quantitative estimate of drug-likeness (QED) is 0.347. The topological polar surface area (TPSA) is 131 Å². The van der Waals surface area contributed by atoms with Crippen LogP contribution in [0.15, 0.2) is 53.4 Å². The van der Waals surface area contributed by atoms with Crippen LogP contribution < -0.4 is 11.1 Å². The Labute approximate surface area is 226 Å². The monoisotopic (exact) mass is 547 g/mol. The molecular weight excluding hydrogens is 506 g/mol. The first-order valence-corrected chi connectivity index (χ1v) is 14.6. The van der Waals surface area contributed by atoms with Gasteiger partial charge < -0.3 is 25.6 Å². The fourth-order valence-electron chi connectivity index (χ4n) is 4.32. The lowest BCUT2D eigenvalue weighted by Gasteiger charge is -2.30. The second-order valence-electron chi connectivity index (χ2n) is 10.6. The van der Waals surface area contributed by atoms with Crippen molar-refractivity contribution in [3.05, 3.63) is 59.7 Å². The van der Waals surface area contributed by atoms with Crippen molar-refractivity contribution in [2.75, 3.05) is 32.0 Å². The first-order chi connectivity index (χ1) is 18.0. The minimum absolute atomic E-state index is 0.00748. The van der Waals surface area contributed by atoms with Gasteiger partial charge in [-0.2, -0.15) is 4.31 Å². The summed E-state index contributed by atoms with van der Waals surface area (Å²) in [4.78, 5) is 12.8. The molecule has 0 radical (unpaired) electrons. The van der Waals surface area contributed by atoms with Crippen molar-refractivity contribution in [1.29, 1.82) is 0 Å². The average molecular weight is 548 g/mol. The van der Waals surface area contributed by atoms with Gasteiger partial charge in [0.05, 0.1) is 30.3 Å². The van der Waals surface area contributed by atoms with E-state index >= 15 is 0 Å². The summed E-state index contributed by atoms with van der Waals surface area (Å²) in [5, 5.41) is 14.1. The third kappa shape index (κ3) is 8.42. The summed E-state index contributed by atoms with van der Waals surface area (Å²) >= 11 is 0. The van der Waals surface area contributed by atoms with Crippen LogP contribution in [0.5, 0.6) is 0 Å². The number of nitrogens with zero attached hydrogens (tertiary/aromatic N) is 1. The molecular formula is C28H41N3O6S. The molecule has 0 bridgehead atoms. The van der Waals surface area contributed by atoms with E-state index in [1.807, 2.05) is 38.1 Å². The predicted octanol–water partition coefficient (Wildman–Crippen LogP) is 3.53. The molecule has 0 aliphatic carbocycles. The Kier molecular flexibility index (Phi) is 10.6. The number of aliphatic hydroxyl groups excluding tert-OH is 1. The van der Waals surface area contributed by atoms with Crippen LogP contribution in [0.3, 0.4) is 0 Å². The van der Waals surface area contributed by atoms with Gasteiger partial charge in [0.2, 0.25) is 10.0 Å². The normalized spacial score (nSPS) is 17.6. The van der Waals surface area contributed by atoms with Crippen LogP contribution in [0, 0.1) is 5.92 Å². The maximum absolute atomic E-state index is 13.5. The minimum Gasteiger partial charge on any atom is -0.444 e. The molecule has 0 aromatic heterocycles. The van der Waals surface area contributed by atoms with Crippen molar-refractivity contribution in [2.24, 2.45) is 5.92 Å². The van der Waals surface area contributed by atoms with Gasteiger partial charge >= 0.3 is 6.09 Å². The third-order valence-corrected chi connectivity index (χ3v) is 8.35. The Hall–Kier alpha value is -2.66. The molecule has 3 rings (SSSR count). The summed E-state index contributed by atoms with van der Waals surface area (Å²) in [5.41, 5.74) is 8.28. The molecule has 2 aromatic carbocycles. The molecule has 9 nitrogen and oxygen atoms in total. The standard InChI is InChI=1S/C28H41N3O6S/c1-19(2)16-31(38(34,35)25-11-9-23(29)10-12-25)17-27(32)26(30-28(33)37-24-13-14-36-18-24)15-21-5-7-22(8-6-21)20(3)4/h5-12,19-20,24,26-27,32H,13-18,29H2,1-4H3,(H,30,33). The lowest BCUT2D eigenvalue weighted by Crippen LogP contribution is -2.51. The number of nitrogens with two attached hydrogens (primary N) is 1. The lowest BCUT2D eigenvalue weighted by atomic mass is 9.97. The Morgan fingerprint density at radius 2 is 1.76 bits per heavy atom. The van der Waals surface area contributed by atoms with Crippen LogP contribution >= 0.6 is 0 Å². The highest BCUT2D eigenvalue weighted by molar-refractivity contribution is 7.89. The van der Waals surface area contributed by atoms with Crippen molar-refractivity contribution in [2.45, 2.75) is 69.6 Å². The minimum atomic E-state index is -3.92. The molecule has 1 aliphatic rings. The average Bonchev–Trinajstić information content (AvgIpc) is 3.36. The van der Waals surface area contributed by atoms with Crippen molar-refractivity contribution in [3.8, 4) is 0 Å². The van der Waals surface area contributed by atoms with Crippen molar-refractivity contribution >= 4 is 21.8 Å². The molecule has 4 N–H and O–H groups in total. The zero-order valence-corrected chi connectivity index (χ0v) is 23.5. The van der Waals surface area contributed by atoms with Gasteiger partial charge in [-0.3, -0.25) is 0 Å². The number of ether oxygens (including phenoxy) is 2. The van der Waals surface area contributed by atoms with Crippen LogP contribution in [0.2, 0.25) is 0 Å². The summed E-state index contributed by atoms with van der Waals surface area (Å²) in [5.74, 6) is 0.378. The summed E-state index contributed by atoms with van der Waals surface area (Å²) < 4.78 is 39.0. The number of carbonyl (C=O) groups is 1. The van der Waals surface area contributed by atoms with Gasteiger partial charge in [-0.1, -0.05) is 52.0 Å². The highest BCUT2D eigenvalue weighted by Crippen LogP contribution is 2.21. The second-order valence-corrected chi connectivity index (χ2v) is 12.5. The maximum Gasteiger partial charge on any atom is 0.407 e. The predicted molar refractivity (Wildman–Crippen MR) is 147 cm³/mol. The number of benzene rings is 2. The number of rotatable bonds is 12. The molecule has 1 amide bonds. The Bertz CT molecular complexity index is 1130. The summed E-state index contributed by atoms with van der Waals surface area (Å²) in [6.07, 6.45) is -1.30. The number of nitrogen functional groups attached to an aromatic ring is 1. The molecule has 0 spiro atoms. The molecule has 1 saturated heterocycles. The number of hydrogen-bond acceptors (Lipinski definition) is 7. The summed E-state index contributed by atoms with van der Waals surface area (Å²) in [7, 11) is -3.92. The SMILES string of the molecule is CC(C)CN(CC(O)C(Cc1ccc(C(C)C)cc1)NC(=O)OC1CCOC1)S(=O)(=O)c1ccc(N)cc1. The number of hydrogen-bond donors (Lipinski definition) is 3. The van der Waals surface area contributed by atoms with Gasteiger partial charge in [0.15, 0.2) is 0 Å². The Morgan fingerprint density at radius 3 is 2.32 bits per heavy atom. The van der Waals surface area contributed by atoms with Crippen LogP contribution in [0.4, 0.5) is 10.5 Å². The maximum atomic E-state index is 13.5. The zero-order chi connectivity index (χ0) is 27.9. The van der Waals surface area contributed by atoms with Crippen LogP contribution in [-0.2, 0) is 25.9 Å². The molecule has 2 aromatic rings. The van der Waals surface area contributed by atoms with Gasteiger partial charge in [-0.15, -0.1) is 0 Å². The number of amides is 1. The smallest absolute Gasteiger partial charge is 0.407 e. The van der Waals surface area contributed by atoms with E-state index in [1.54, 1.807) is 0 Å². The van der Waals surface area contributed by atoms with Crippen LogP contribution in [0.25, 0.3) is 0 Å². The Morgan fingerprint density at radius 1 is 1.11 bits per heavy atom. The molecule has 38 heavy (non-hydrogen) atoms. The summed E-state index contributed by atoms with van der Waals surface area (Å²) in [6.45, 7) is 8.89. The van der Waals surface area contributed by atoms with Gasteiger partial charge in [0.25, 0.3) is 0 Å². The molecule has 1 heterocycles. The number of alkyl carbamates (subject to hydrolysis) is 1. The van der Waals surface area contributed by atoms with Gasteiger partial charge in [0.1, 0.15) is 6.10 Å². The molecule has 210 valence electrons. The van der Waals surface area contributed by atoms with Gasteiger partial charge in [-0.05, 0) is 53.6 Å². The van der Waals surface area contributed by atoms with Crippen molar-refractivity contribution in [3.63, 3.8) is 0 Å². The van der Waals surface area contributed by atoms with E-state index in [0.29, 0.717) is 37.7 Å². The molecule has 3 atom stereocenters. The van der Waals surface area contributed by atoms with Crippen LogP contribution in [-0.4, -0.2) is 68.5 Å². The molecule has 0 saturated carbocycles. The van der Waals surface area contributed by atoms with E-state index in [0.717, 1.165) is 5.56 Å². The van der Waals surface area contributed by atoms with Crippen molar-refractivity contribution < 1.29 is 27.8 Å². The van der Waals surface area contributed by atoms with E-state index in [4.69, 9.17) is 15.2 Å². The first-order valence-electron chi connectivity index (χ1n) is 13.1. The summed E-state index contributed by atoms with van der Waals surface area (Å²) in [6, 6.07) is 13.2. The second kappa shape index (κ2) is 13.4. The van der Waals surface area contributed by atoms with Gasteiger partial charge in [-0.25, -0.2) is 13.2 Å². The van der Waals surface area contributed by atoms with Gasteiger partial charge in [0, 0.05) is 25.2 Å². The number of nitrogens with one attached hydrogen (secondary N) is 1. The van der Waals surface area contributed by atoms with E-state index < -0.39 is 28.3 Å². The highest BCUT2D eigenvalue weighted by atomic mass is 32.2. The van der Waals surface area contributed by atoms with Crippen LogP contribution in [0.1, 0.15) is 51.2 Å². The van der Waals surface area contributed by atoms with E-state index in [1.165, 1.54) is 34.1 Å². The van der Waals surface area contributed by atoms with E-state index in [-0.39, 0.29) is 30.0 Å².